The van der Waals surface area contributed by atoms with Gasteiger partial charge in [0.05, 0.1) is 6.61 Å². The normalized spacial score (nSPS) is 13.7. The number of rotatable bonds is 12. The van der Waals surface area contributed by atoms with Crippen molar-refractivity contribution in [3.05, 3.63) is 36.1 Å². The van der Waals surface area contributed by atoms with Gasteiger partial charge in [0.15, 0.2) is 0 Å². The van der Waals surface area contributed by atoms with E-state index in [-0.39, 0.29) is 17.9 Å². The lowest BCUT2D eigenvalue weighted by molar-refractivity contribution is -0.118. The molecule has 0 saturated carbocycles. The summed E-state index contributed by atoms with van der Waals surface area (Å²) in [6.07, 6.45) is 14.0. The molecule has 0 bridgehead atoms. The molecule has 0 heterocycles. The maximum absolute atomic E-state index is 12.7. The highest BCUT2D eigenvalue weighted by Crippen LogP contribution is 2.16. The van der Waals surface area contributed by atoms with Crippen LogP contribution in [0.25, 0.3) is 0 Å². The number of amides is 1. The number of nitrogens with one attached hydrogen (secondary N) is 1. The van der Waals surface area contributed by atoms with Crippen molar-refractivity contribution in [1.29, 1.82) is 0 Å². The van der Waals surface area contributed by atoms with E-state index in [2.05, 4.69) is 36.6 Å². The summed E-state index contributed by atoms with van der Waals surface area (Å²) < 4.78 is 5.52. The number of carbonyl (C=O) groups is 1. The molecular weight excluding hydrogens is 360 g/mol. The molecule has 1 amide bonds. The van der Waals surface area contributed by atoms with Crippen molar-refractivity contribution >= 4 is 5.91 Å². The molecule has 29 heavy (non-hydrogen) atoms. The first-order chi connectivity index (χ1) is 13.9. The Morgan fingerprint density at radius 1 is 1.34 bits per heavy atom. The highest BCUT2D eigenvalue weighted by Gasteiger charge is 2.28. The van der Waals surface area contributed by atoms with E-state index in [0.717, 1.165) is 25.7 Å². The van der Waals surface area contributed by atoms with Crippen LogP contribution < -0.4 is 11.1 Å². The van der Waals surface area contributed by atoms with Crippen molar-refractivity contribution < 1.29 is 9.53 Å². The van der Waals surface area contributed by atoms with Crippen LogP contribution in [0.15, 0.2) is 36.1 Å². The highest BCUT2D eigenvalue weighted by atomic mass is 16.5. The van der Waals surface area contributed by atoms with Gasteiger partial charge in [-0.25, -0.2) is 0 Å². The zero-order valence-electron chi connectivity index (χ0n) is 19.2. The molecule has 3 N–H and O–H groups in total. The average molecular weight is 401 g/mol. The summed E-state index contributed by atoms with van der Waals surface area (Å²) in [5.74, 6) is 8.67. The van der Waals surface area contributed by atoms with Gasteiger partial charge >= 0.3 is 0 Å². The van der Waals surface area contributed by atoms with E-state index in [9.17, 15) is 4.79 Å². The summed E-state index contributed by atoms with van der Waals surface area (Å²) >= 11 is 0. The van der Waals surface area contributed by atoms with Gasteiger partial charge in [-0.2, -0.15) is 0 Å². The van der Waals surface area contributed by atoms with Crippen molar-refractivity contribution in [2.24, 2.45) is 11.7 Å². The van der Waals surface area contributed by atoms with Crippen LogP contribution in [0.3, 0.4) is 0 Å². The Balaban J connectivity index is 0. The topological polar surface area (TPSA) is 64.3 Å². The standard InChI is InChI=1S/C23H34N2O2.C2H6/c1-7-11-12-13-14-15-17-20(16-8-2)23(26)25-22(19(6)27-10-4)21(24)18(5)9-3;1-2/h2,15-18,21-22H,6,9-10,12-14,24H2,1,3-5H3,(H,25,26);1-2H3/b17-15-,20-16+;. The Hall–Kier alpha value is -2.43. The number of nitrogens with two attached hydrogens (primary N) is 1. The second kappa shape index (κ2) is 18.9. The predicted octanol–water partition coefficient (Wildman–Crippen LogP) is 4.73. The number of hydrogen-bond acceptors (Lipinski definition) is 3. The largest absolute Gasteiger partial charge is 0.497 e. The number of ether oxygens (including phenoxy) is 1. The van der Waals surface area contributed by atoms with E-state index in [1.54, 1.807) is 6.08 Å². The van der Waals surface area contributed by atoms with E-state index in [4.69, 9.17) is 16.9 Å². The van der Waals surface area contributed by atoms with Crippen LogP contribution >= 0.6 is 0 Å². The minimum absolute atomic E-state index is 0.197. The lowest BCUT2D eigenvalue weighted by Crippen LogP contribution is -2.52. The quantitative estimate of drug-likeness (QED) is 0.164. The minimum atomic E-state index is -0.484. The molecule has 0 aliphatic heterocycles. The number of carbonyl (C=O) groups excluding carboxylic acids is 1. The first-order valence-corrected chi connectivity index (χ1v) is 10.5. The van der Waals surface area contributed by atoms with Crippen LogP contribution in [-0.4, -0.2) is 24.6 Å². The Morgan fingerprint density at radius 2 is 2.00 bits per heavy atom. The zero-order chi connectivity index (χ0) is 22.7. The smallest absolute Gasteiger partial charge is 0.252 e. The fourth-order valence-corrected chi connectivity index (χ4v) is 2.41. The molecule has 0 spiro atoms. The lowest BCUT2D eigenvalue weighted by Gasteiger charge is -2.30. The van der Waals surface area contributed by atoms with Gasteiger partial charge in [-0.05, 0) is 32.6 Å². The van der Waals surface area contributed by atoms with Crippen LogP contribution in [0.4, 0.5) is 0 Å². The molecule has 3 unspecified atom stereocenters. The SMILES string of the molecule is C#C/C=C(\C=C/CCCC#CC)C(=O)NC(C(=C)OCC)C(N)C(C)CC.CC. The molecule has 4 nitrogen and oxygen atoms in total. The van der Waals surface area contributed by atoms with Crippen molar-refractivity contribution in [2.45, 2.75) is 79.3 Å². The molecule has 0 aromatic rings. The molecule has 0 radical (unpaired) electrons. The molecule has 0 aliphatic rings. The fraction of sp³-hybridized carbons (Fsp3) is 0.560. The van der Waals surface area contributed by atoms with Gasteiger partial charge in [-0.15, -0.1) is 18.3 Å². The van der Waals surface area contributed by atoms with Gasteiger partial charge in [-0.1, -0.05) is 58.8 Å². The first kappa shape index (κ1) is 28.8. The third-order valence-electron chi connectivity index (χ3n) is 4.30. The van der Waals surface area contributed by atoms with Gasteiger partial charge in [-0.3, -0.25) is 4.79 Å². The molecule has 0 saturated heterocycles. The summed E-state index contributed by atoms with van der Waals surface area (Å²) in [4.78, 5) is 12.7. The van der Waals surface area contributed by atoms with Gasteiger partial charge in [0.25, 0.3) is 5.91 Å². The Morgan fingerprint density at radius 3 is 2.52 bits per heavy atom. The fourth-order valence-electron chi connectivity index (χ4n) is 2.41. The summed E-state index contributed by atoms with van der Waals surface area (Å²) in [5.41, 5.74) is 6.75. The molecule has 0 rings (SSSR count). The van der Waals surface area contributed by atoms with E-state index in [1.807, 2.05) is 40.7 Å². The van der Waals surface area contributed by atoms with E-state index in [0.29, 0.717) is 17.9 Å². The van der Waals surface area contributed by atoms with Gasteiger partial charge in [0.1, 0.15) is 11.8 Å². The molecule has 3 atom stereocenters. The van der Waals surface area contributed by atoms with Crippen LogP contribution in [-0.2, 0) is 9.53 Å². The monoisotopic (exact) mass is 400 g/mol. The second-order valence-corrected chi connectivity index (χ2v) is 6.30. The summed E-state index contributed by atoms with van der Waals surface area (Å²) in [6.45, 7) is 16.2. The Labute approximate surface area is 179 Å². The number of terminal acetylenes is 1. The molecule has 0 fully saturated rings. The van der Waals surface area contributed by atoms with Gasteiger partial charge < -0.3 is 15.8 Å². The molecule has 4 heteroatoms. The Kier molecular flexibility index (Phi) is 18.8. The first-order valence-electron chi connectivity index (χ1n) is 10.5. The van der Waals surface area contributed by atoms with Crippen LogP contribution in [0.2, 0.25) is 0 Å². The summed E-state index contributed by atoms with van der Waals surface area (Å²) in [6, 6.07) is -0.788. The van der Waals surface area contributed by atoms with Crippen molar-refractivity contribution in [3.63, 3.8) is 0 Å². The third kappa shape index (κ3) is 12.6. The molecule has 0 aliphatic carbocycles. The number of allylic oxidation sites excluding steroid dienone is 2. The van der Waals surface area contributed by atoms with E-state index >= 15 is 0 Å². The second-order valence-electron chi connectivity index (χ2n) is 6.30. The molecule has 0 aromatic heterocycles. The number of hydrogen-bond donors (Lipinski definition) is 2. The summed E-state index contributed by atoms with van der Waals surface area (Å²) in [7, 11) is 0. The van der Waals surface area contributed by atoms with Crippen molar-refractivity contribution in [2.75, 3.05) is 6.61 Å². The zero-order valence-corrected chi connectivity index (χ0v) is 19.2. The molecule has 162 valence electrons. The van der Waals surface area contributed by atoms with Crippen LogP contribution in [0.1, 0.15) is 67.2 Å². The Bertz CT molecular complexity index is 629. The van der Waals surface area contributed by atoms with Crippen LogP contribution in [0, 0.1) is 30.1 Å². The van der Waals surface area contributed by atoms with Gasteiger partial charge in [0.2, 0.25) is 0 Å². The maximum atomic E-state index is 12.7. The van der Waals surface area contributed by atoms with Crippen molar-refractivity contribution in [3.8, 4) is 24.2 Å². The number of unbranched alkanes of at least 4 members (excludes halogenated alkanes) is 2. The van der Waals surface area contributed by atoms with Crippen molar-refractivity contribution in [1.82, 2.24) is 5.32 Å². The van der Waals surface area contributed by atoms with E-state index < -0.39 is 6.04 Å². The van der Waals surface area contributed by atoms with Gasteiger partial charge in [0, 0.05) is 24.1 Å². The third-order valence-corrected chi connectivity index (χ3v) is 4.30. The predicted molar refractivity (Wildman–Crippen MR) is 125 cm³/mol. The maximum Gasteiger partial charge on any atom is 0.252 e. The van der Waals surface area contributed by atoms with Crippen LogP contribution in [0.5, 0.6) is 0 Å². The molecular formula is C25H40N2O2. The lowest BCUT2D eigenvalue weighted by atomic mass is 9.92. The summed E-state index contributed by atoms with van der Waals surface area (Å²) in [5, 5.41) is 2.94. The highest BCUT2D eigenvalue weighted by molar-refractivity contribution is 5.97. The minimum Gasteiger partial charge on any atom is -0.497 e. The van der Waals surface area contributed by atoms with E-state index in [1.165, 1.54) is 6.08 Å². The average Bonchev–Trinajstić information content (AvgIpc) is 2.73. The molecule has 0 aromatic carbocycles.